The Morgan fingerprint density at radius 2 is 2.20 bits per heavy atom. The summed E-state index contributed by atoms with van der Waals surface area (Å²) in [6.45, 7) is 7.74. The number of benzene rings is 1. The van der Waals surface area contributed by atoms with E-state index < -0.39 is 0 Å². The summed E-state index contributed by atoms with van der Waals surface area (Å²) in [5.74, 6) is 0.538. The SMILES string of the molecule is CCC(N)C(c1cccc(C)c1)N1CCC(C)C1CO. The van der Waals surface area contributed by atoms with Crippen LogP contribution in [0.5, 0.6) is 0 Å². The highest BCUT2D eigenvalue weighted by Crippen LogP contribution is 2.35. The molecule has 1 aliphatic heterocycles. The maximum atomic E-state index is 9.73. The van der Waals surface area contributed by atoms with E-state index in [1.54, 1.807) is 0 Å². The Kier molecular flexibility index (Phi) is 5.19. The molecule has 0 amide bonds. The molecule has 1 aromatic carbocycles. The van der Waals surface area contributed by atoms with Crippen molar-refractivity contribution in [3.05, 3.63) is 35.4 Å². The van der Waals surface area contributed by atoms with Crippen LogP contribution in [0, 0.1) is 12.8 Å². The van der Waals surface area contributed by atoms with Crippen LogP contribution in [-0.4, -0.2) is 35.2 Å². The predicted molar refractivity (Wildman–Crippen MR) is 83.5 cm³/mol. The summed E-state index contributed by atoms with van der Waals surface area (Å²) in [5.41, 5.74) is 8.97. The molecular weight excluding hydrogens is 248 g/mol. The number of aliphatic hydroxyl groups is 1. The van der Waals surface area contributed by atoms with E-state index >= 15 is 0 Å². The fraction of sp³-hybridized carbons (Fsp3) is 0.647. The Balaban J connectivity index is 2.33. The summed E-state index contributed by atoms with van der Waals surface area (Å²) in [4.78, 5) is 2.42. The van der Waals surface area contributed by atoms with Gasteiger partial charge in [0.1, 0.15) is 0 Å². The monoisotopic (exact) mass is 276 g/mol. The summed E-state index contributed by atoms with van der Waals surface area (Å²) in [7, 11) is 0. The van der Waals surface area contributed by atoms with Crippen LogP contribution in [0.4, 0.5) is 0 Å². The van der Waals surface area contributed by atoms with Crippen molar-refractivity contribution >= 4 is 0 Å². The van der Waals surface area contributed by atoms with Crippen LogP contribution in [0.15, 0.2) is 24.3 Å². The second-order valence-corrected chi connectivity index (χ2v) is 6.18. The Hall–Kier alpha value is -0.900. The minimum atomic E-state index is 0.108. The van der Waals surface area contributed by atoms with Gasteiger partial charge in [0.25, 0.3) is 0 Å². The first-order valence-corrected chi connectivity index (χ1v) is 7.77. The molecule has 0 aromatic heterocycles. The number of aryl methyl sites for hydroxylation is 1. The lowest BCUT2D eigenvalue weighted by Gasteiger charge is -2.37. The number of likely N-dealkylation sites (tertiary alicyclic amines) is 1. The van der Waals surface area contributed by atoms with Gasteiger partial charge in [0.05, 0.1) is 12.6 Å². The van der Waals surface area contributed by atoms with E-state index in [0.717, 1.165) is 19.4 Å². The van der Waals surface area contributed by atoms with Crippen molar-refractivity contribution in [1.29, 1.82) is 0 Å². The highest BCUT2D eigenvalue weighted by molar-refractivity contribution is 5.27. The Morgan fingerprint density at radius 3 is 2.80 bits per heavy atom. The predicted octanol–water partition coefficient (Wildman–Crippen LogP) is 2.48. The van der Waals surface area contributed by atoms with E-state index in [4.69, 9.17) is 5.73 Å². The zero-order valence-corrected chi connectivity index (χ0v) is 12.9. The van der Waals surface area contributed by atoms with Gasteiger partial charge in [-0.25, -0.2) is 0 Å². The fourth-order valence-electron chi connectivity index (χ4n) is 3.43. The average molecular weight is 276 g/mol. The van der Waals surface area contributed by atoms with Crippen LogP contribution in [0.2, 0.25) is 0 Å². The van der Waals surface area contributed by atoms with Crippen molar-refractivity contribution in [3.8, 4) is 0 Å². The molecule has 0 radical (unpaired) electrons. The minimum Gasteiger partial charge on any atom is -0.395 e. The quantitative estimate of drug-likeness (QED) is 0.868. The van der Waals surface area contributed by atoms with Crippen LogP contribution in [0.3, 0.4) is 0 Å². The standard InChI is InChI=1S/C17H28N2O/c1-4-15(18)17(14-7-5-6-12(2)10-14)19-9-8-13(3)16(19)11-20/h5-7,10,13,15-17,20H,4,8-9,11,18H2,1-3H3. The van der Waals surface area contributed by atoms with E-state index in [0.29, 0.717) is 5.92 Å². The van der Waals surface area contributed by atoms with Gasteiger partial charge in [-0.15, -0.1) is 0 Å². The van der Waals surface area contributed by atoms with E-state index in [9.17, 15) is 5.11 Å². The molecule has 0 saturated carbocycles. The molecule has 1 heterocycles. The molecule has 1 aliphatic rings. The van der Waals surface area contributed by atoms with Crippen molar-refractivity contribution in [1.82, 2.24) is 4.90 Å². The lowest BCUT2D eigenvalue weighted by Crippen LogP contribution is -2.45. The van der Waals surface area contributed by atoms with Crippen LogP contribution >= 0.6 is 0 Å². The van der Waals surface area contributed by atoms with Crippen molar-refractivity contribution in [2.24, 2.45) is 11.7 Å². The van der Waals surface area contributed by atoms with Gasteiger partial charge >= 0.3 is 0 Å². The van der Waals surface area contributed by atoms with E-state index in [1.807, 2.05) is 0 Å². The smallest absolute Gasteiger partial charge is 0.0589 e. The Labute approximate surface area is 122 Å². The zero-order chi connectivity index (χ0) is 14.7. The van der Waals surface area contributed by atoms with Crippen LogP contribution in [0.1, 0.15) is 43.9 Å². The van der Waals surface area contributed by atoms with Gasteiger partial charge in [0.2, 0.25) is 0 Å². The van der Waals surface area contributed by atoms with Crippen molar-refractivity contribution < 1.29 is 5.11 Å². The first-order chi connectivity index (χ1) is 9.58. The molecule has 0 bridgehead atoms. The largest absolute Gasteiger partial charge is 0.395 e. The third kappa shape index (κ3) is 3.05. The summed E-state index contributed by atoms with van der Waals surface area (Å²) in [5, 5.41) is 9.73. The third-order valence-electron chi connectivity index (χ3n) is 4.73. The second-order valence-electron chi connectivity index (χ2n) is 6.18. The number of nitrogens with zero attached hydrogens (tertiary/aromatic N) is 1. The average Bonchev–Trinajstić information content (AvgIpc) is 2.80. The van der Waals surface area contributed by atoms with E-state index in [2.05, 4.69) is 49.9 Å². The van der Waals surface area contributed by atoms with Crippen molar-refractivity contribution in [3.63, 3.8) is 0 Å². The summed E-state index contributed by atoms with van der Waals surface area (Å²) < 4.78 is 0. The molecule has 3 N–H and O–H groups in total. The molecule has 3 heteroatoms. The van der Waals surface area contributed by atoms with Crippen molar-refractivity contribution in [2.75, 3.05) is 13.2 Å². The van der Waals surface area contributed by atoms with Crippen molar-refractivity contribution in [2.45, 2.75) is 51.7 Å². The maximum Gasteiger partial charge on any atom is 0.0589 e. The summed E-state index contributed by atoms with van der Waals surface area (Å²) in [6, 6.07) is 9.18. The molecular formula is C17H28N2O. The number of nitrogens with two attached hydrogens (primary N) is 1. The highest BCUT2D eigenvalue weighted by atomic mass is 16.3. The number of hydrogen-bond donors (Lipinski definition) is 2. The highest BCUT2D eigenvalue weighted by Gasteiger charge is 2.37. The van der Waals surface area contributed by atoms with Crippen LogP contribution in [0.25, 0.3) is 0 Å². The first kappa shape index (κ1) is 15.5. The number of aliphatic hydroxyl groups excluding tert-OH is 1. The molecule has 2 rings (SSSR count). The van der Waals surface area contributed by atoms with E-state index in [-0.39, 0.29) is 24.7 Å². The topological polar surface area (TPSA) is 49.5 Å². The molecule has 0 aliphatic carbocycles. The van der Waals surface area contributed by atoms with Gasteiger partial charge in [-0.3, -0.25) is 4.90 Å². The van der Waals surface area contributed by atoms with Gasteiger partial charge in [0.15, 0.2) is 0 Å². The molecule has 4 atom stereocenters. The molecule has 20 heavy (non-hydrogen) atoms. The molecule has 3 nitrogen and oxygen atoms in total. The first-order valence-electron chi connectivity index (χ1n) is 7.77. The summed E-state index contributed by atoms with van der Waals surface area (Å²) in [6.07, 6.45) is 2.09. The van der Waals surface area contributed by atoms with Gasteiger partial charge < -0.3 is 10.8 Å². The second kappa shape index (κ2) is 6.70. The lowest BCUT2D eigenvalue weighted by molar-refractivity contribution is 0.0894. The van der Waals surface area contributed by atoms with Gasteiger partial charge in [-0.05, 0) is 37.8 Å². The van der Waals surface area contributed by atoms with Gasteiger partial charge in [0, 0.05) is 12.1 Å². The molecule has 1 fully saturated rings. The maximum absolute atomic E-state index is 9.73. The van der Waals surface area contributed by atoms with Gasteiger partial charge in [-0.1, -0.05) is 43.7 Å². The molecule has 112 valence electrons. The van der Waals surface area contributed by atoms with Crippen LogP contribution < -0.4 is 5.73 Å². The summed E-state index contributed by atoms with van der Waals surface area (Å²) >= 11 is 0. The molecule has 4 unspecified atom stereocenters. The van der Waals surface area contributed by atoms with Gasteiger partial charge in [-0.2, -0.15) is 0 Å². The normalized spacial score (nSPS) is 26.6. The minimum absolute atomic E-state index is 0.108. The van der Waals surface area contributed by atoms with Crippen LogP contribution in [-0.2, 0) is 0 Å². The molecule has 1 saturated heterocycles. The van der Waals surface area contributed by atoms with E-state index in [1.165, 1.54) is 11.1 Å². The zero-order valence-electron chi connectivity index (χ0n) is 12.9. The lowest BCUT2D eigenvalue weighted by atomic mass is 9.93. The fourth-order valence-corrected chi connectivity index (χ4v) is 3.43. The Morgan fingerprint density at radius 1 is 1.45 bits per heavy atom. The molecule has 1 aromatic rings. The number of rotatable bonds is 5. The third-order valence-corrected chi connectivity index (χ3v) is 4.73. The molecule has 0 spiro atoms. The Bertz CT molecular complexity index is 435. The number of hydrogen-bond acceptors (Lipinski definition) is 3.